The maximum Gasteiger partial charge on any atom is 0.342 e. The van der Waals surface area contributed by atoms with Gasteiger partial charge in [0.1, 0.15) is 22.7 Å². The average molecular weight is 402 g/mol. The summed E-state index contributed by atoms with van der Waals surface area (Å²) in [7, 11) is 3.20. The molecule has 21 heavy (non-hydrogen) atoms. The molecule has 3 rings (SSSR count). The fourth-order valence-electron chi connectivity index (χ4n) is 3.53. The standard InChI is InChI=1S/C16H19IO4/c1-16-11(5-4-6-13(16)17)10-7-9(19-2)8-12(20-3)14(10)15(18)21-16/h7-8,11,13H,4-6H2,1-3H3/t11-,13+,16+/m0/s1. The van der Waals surface area contributed by atoms with Crippen molar-refractivity contribution in [2.24, 2.45) is 0 Å². The number of ether oxygens (including phenoxy) is 3. The first-order valence-electron chi connectivity index (χ1n) is 7.14. The van der Waals surface area contributed by atoms with Crippen LogP contribution in [0.25, 0.3) is 0 Å². The third-order valence-corrected chi connectivity index (χ3v) is 6.58. The Morgan fingerprint density at radius 1 is 1.29 bits per heavy atom. The number of halogens is 1. The predicted octanol–water partition coefficient (Wildman–Crippen LogP) is 3.70. The van der Waals surface area contributed by atoms with E-state index >= 15 is 0 Å². The van der Waals surface area contributed by atoms with E-state index in [4.69, 9.17) is 14.2 Å². The first kappa shape index (κ1) is 14.9. The molecule has 2 aliphatic rings. The smallest absolute Gasteiger partial charge is 0.342 e. The predicted molar refractivity (Wildman–Crippen MR) is 87.8 cm³/mol. The van der Waals surface area contributed by atoms with Gasteiger partial charge in [-0.15, -0.1) is 0 Å². The minimum absolute atomic E-state index is 0.199. The summed E-state index contributed by atoms with van der Waals surface area (Å²) in [6.07, 6.45) is 3.24. The van der Waals surface area contributed by atoms with Crippen LogP contribution in [-0.4, -0.2) is 29.7 Å². The van der Waals surface area contributed by atoms with E-state index in [-0.39, 0.29) is 11.9 Å². The van der Waals surface area contributed by atoms with Gasteiger partial charge in [0.05, 0.1) is 18.1 Å². The Morgan fingerprint density at radius 2 is 2.05 bits per heavy atom. The third kappa shape index (κ3) is 2.20. The first-order chi connectivity index (χ1) is 10.0. The van der Waals surface area contributed by atoms with E-state index in [2.05, 4.69) is 29.5 Å². The molecule has 0 saturated heterocycles. The van der Waals surface area contributed by atoms with Gasteiger partial charge in [-0.05, 0) is 31.4 Å². The minimum atomic E-state index is -0.444. The van der Waals surface area contributed by atoms with Crippen molar-refractivity contribution in [3.8, 4) is 11.5 Å². The lowest BCUT2D eigenvalue weighted by Crippen LogP contribution is -2.51. The number of carbonyl (C=O) groups is 1. The van der Waals surface area contributed by atoms with Crippen LogP contribution in [0, 0.1) is 0 Å². The highest BCUT2D eigenvalue weighted by Crippen LogP contribution is 2.52. The average Bonchev–Trinajstić information content (AvgIpc) is 2.47. The number of fused-ring (bicyclic) bond motifs is 3. The second-order valence-corrected chi connectivity index (χ2v) is 7.32. The summed E-state index contributed by atoms with van der Waals surface area (Å²) in [6, 6.07) is 3.71. The zero-order valence-corrected chi connectivity index (χ0v) is 14.6. The summed E-state index contributed by atoms with van der Waals surface area (Å²) in [5.74, 6) is 1.17. The molecule has 1 aromatic carbocycles. The van der Waals surface area contributed by atoms with E-state index in [0.717, 1.165) is 30.6 Å². The molecule has 0 unspecified atom stereocenters. The van der Waals surface area contributed by atoms with E-state index in [1.54, 1.807) is 20.3 Å². The molecule has 3 atom stereocenters. The number of hydrogen-bond acceptors (Lipinski definition) is 4. The zero-order chi connectivity index (χ0) is 15.2. The Bertz CT molecular complexity index is 586. The molecule has 114 valence electrons. The van der Waals surface area contributed by atoms with Crippen LogP contribution < -0.4 is 9.47 Å². The third-order valence-electron chi connectivity index (χ3n) is 4.72. The number of carbonyl (C=O) groups excluding carboxylic acids is 1. The van der Waals surface area contributed by atoms with Gasteiger partial charge in [-0.2, -0.15) is 0 Å². The van der Waals surface area contributed by atoms with Gasteiger partial charge < -0.3 is 14.2 Å². The minimum Gasteiger partial charge on any atom is -0.497 e. The van der Waals surface area contributed by atoms with Crippen LogP contribution >= 0.6 is 22.6 Å². The van der Waals surface area contributed by atoms with Crippen molar-refractivity contribution < 1.29 is 19.0 Å². The zero-order valence-electron chi connectivity index (χ0n) is 12.4. The lowest BCUT2D eigenvalue weighted by atomic mass is 9.70. The van der Waals surface area contributed by atoms with E-state index in [1.807, 2.05) is 6.07 Å². The van der Waals surface area contributed by atoms with Gasteiger partial charge in [0, 0.05) is 12.0 Å². The second-order valence-electron chi connectivity index (χ2n) is 5.82. The normalized spacial score (nSPS) is 31.0. The molecule has 0 aromatic heterocycles. The van der Waals surface area contributed by atoms with Crippen molar-refractivity contribution in [1.29, 1.82) is 0 Å². The fraction of sp³-hybridized carbons (Fsp3) is 0.562. The monoisotopic (exact) mass is 402 g/mol. The summed E-state index contributed by atoms with van der Waals surface area (Å²) >= 11 is 2.41. The summed E-state index contributed by atoms with van der Waals surface area (Å²) in [5, 5.41) is 0. The van der Waals surface area contributed by atoms with Crippen molar-refractivity contribution in [3.05, 3.63) is 23.3 Å². The van der Waals surface area contributed by atoms with Crippen molar-refractivity contribution in [2.45, 2.75) is 41.6 Å². The molecule has 1 fully saturated rings. The van der Waals surface area contributed by atoms with Crippen molar-refractivity contribution in [1.82, 2.24) is 0 Å². The molecule has 1 heterocycles. The SMILES string of the molecule is COc1cc(OC)c2c(c1)[C@@H]1CCC[C@@H](I)[C@]1(C)OC2=O. The molecule has 0 N–H and O–H groups in total. The molecule has 1 aliphatic heterocycles. The van der Waals surface area contributed by atoms with Gasteiger partial charge in [-0.25, -0.2) is 4.79 Å². The Balaban J connectivity index is 2.20. The summed E-state index contributed by atoms with van der Waals surface area (Å²) in [6.45, 7) is 2.06. The molecule has 1 saturated carbocycles. The highest BCUT2D eigenvalue weighted by Gasteiger charge is 2.52. The van der Waals surface area contributed by atoms with Gasteiger partial charge in [0.15, 0.2) is 0 Å². The molecule has 0 bridgehead atoms. The van der Waals surface area contributed by atoms with Crippen LogP contribution in [0.2, 0.25) is 0 Å². The van der Waals surface area contributed by atoms with Crippen LogP contribution in [-0.2, 0) is 4.74 Å². The first-order valence-corrected chi connectivity index (χ1v) is 8.39. The maximum atomic E-state index is 12.5. The number of benzene rings is 1. The van der Waals surface area contributed by atoms with Crippen molar-refractivity contribution >= 4 is 28.6 Å². The molecule has 0 amide bonds. The Kier molecular flexibility index (Phi) is 3.80. The highest BCUT2D eigenvalue weighted by molar-refractivity contribution is 14.1. The summed E-state index contributed by atoms with van der Waals surface area (Å²) in [5.41, 5.74) is 1.12. The van der Waals surface area contributed by atoms with Crippen molar-refractivity contribution in [3.63, 3.8) is 0 Å². The highest BCUT2D eigenvalue weighted by atomic mass is 127. The van der Waals surface area contributed by atoms with Crippen LogP contribution in [0.5, 0.6) is 11.5 Å². The van der Waals surface area contributed by atoms with Gasteiger partial charge in [0.2, 0.25) is 0 Å². The summed E-state index contributed by atoms with van der Waals surface area (Å²) < 4.78 is 16.9. The molecular weight excluding hydrogens is 383 g/mol. The van der Waals surface area contributed by atoms with E-state index in [1.165, 1.54) is 0 Å². The molecule has 5 heteroatoms. The van der Waals surface area contributed by atoms with Gasteiger partial charge in [-0.3, -0.25) is 0 Å². The molecular formula is C16H19IO4. The maximum absolute atomic E-state index is 12.5. The fourth-order valence-corrected chi connectivity index (χ4v) is 4.53. The number of esters is 1. The Morgan fingerprint density at radius 3 is 2.71 bits per heavy atom. The van der Waals surface area contributed by atoms with Crippen LogP contribution in [0.4, 0.5) is 0 Å². The van der Waals surface area contributed by atoms with E-state index < -0.39 is 5.60 Å². The van der Waals surface area contributed by atoms with E-state index in [9.17, 15) is 4.79 Å². The molecule has 0 spiro atoms. The van der Waals surface area contributed by atoms with Crippen LogP contribution in [0.1, 0.15) is 48.0 Å². The lowest BCUT2D eigenvalue weighted by molar-refractivity contribution is -0.0405. The van der Waals surface area contributed by atoms with Crippen molar-refractivity contribution in [2.75, 3.05) is 14.2 Å². The van der Waals surface area contributed by atoms with E-state index in [0.29, 0.717) is 15.2 Å². The largest absolute Gasteiger partial charge is 0.497 e. The number of rotatable bonds is 2. The topological polar surface area (TPSA) is 44.8 Å². The lowest BCUT2D eigenvalue weighted by Gasteiger charge is -2.47. The molecule has 1 aromatic rings. The van der Waals surface area contributed by atoms with Crippen LogP contribution in [0.3, 0.4) is 0 Å². The molecule has 1 aliphatic carbocycles. The second kappa shape index (κ2) is 5.34. The van der Waals surface area contributed by atoms with Crippen LogP contribution in [0.15, 0.2) is 12.1 Å². The number of hydrogen-bond donors (Lipinski definition) is 0. The van der Waals surface area contributed by atoms with Gasteiger partial charge in [-0.1, -0.05) is 29.0 Å². The van der Waals surface area contributed by atoms with Gasteiger partial charge in [0.25, 0.3) is 0 Å². The molecule has 4 nitrogen and oxygen atoms in total. The quantitative estimate of drug-likeness (QED) is 0.430. The van der Waals surface area contributed by atoms with Gasteiger partial charge >= 0.3 is 5.97 Å². The molecule has 0 radical (unpaired) electrons. The Hall–Kier alpha value is -0.980. The Labute approximate surface area is 138 Å². The number of methoxy groups -OCH3 is 2. The summed E-state index contributed by atoms with van der Waals surface area (Å²) in [4.78, 5) is 12.5. The number of alkyl halides is 1.